The molecular formula is C13H18ClFN2O. The molecule has 2 N–H and O–H groups in total. The van der Waals surface area contributed by atoms with Crippen LogP contribution in [0.15, 0.2) is 30.9 Å². The van der Waals surface area contributed by atoms with Crippen molar-refractivity contribution in [3.8, 4) is 5.75 Å². The summed E-state index contributed by atoms with van der Waals surface area (Å²) in [7, 11) is 0. The van der Waals surface area contributed by atoms with Crippen LogP contribution in [0.1, 0.15) is 11.6 Å². The predicted molar refractivity (Wildman–Crippen MR) is 72.7 cm³/mol. The molecule has 1 atom stereocenters. The zero-order valence-electron chi connectivity index (χ0n) is 10.1. The lowest BCUT2D eigenvalue weighted by Crippen LogP contribution is -2.44. The van der Waals surface area contributed by atoms with Crippen LogP contribution in [0.5, 0.6) is 5.75 Å². The van der Waals surface area contributed by atoms with Crippen LogP contribution >= 0.6 is 12.4 Å². The smallest absolute Gasteiger partial charge is 0.165 e. The zero-order valence-corrected chi connectivity index (χ0v) is 10.9. The molecule has 0 bridgehead atoms. The largest absolute Gasteiger partial charge is 0.505 e. The van der Waals surface area contributed by atoms with E-state index in [1.807, 2.05) is 0 Å². The second kappa shape index (κ2) is 6.73. The summed E-state index contributed by atoms with van der Waals surface area (Å²) in [6.07, 6.45) is 1.75. The number of halogens is 2. The van der Waals surface area contributed by atoms with E-state index in [4.69, 9.17) is 0 Å². The van der Waals surface area contributed by atoms with Gasteiger partial charge in [-0.3, -0.25) is 4.90 Å². The molecule has 3 nitrogen and oxygen atoms in total. The molecule has 0 radical (unpaired) electrons. The number of hydrogen-bond donors (Lipinski definition) is 2. The fourth-order valence-electron chi connectivity index (χ4n) is 2.20. The number of nitrogens with one attached hydrogen (secondary N) is 1. The van der Waals surface area contributed by atoms with Crippen LogP contribution in [0, 0.1) is 5.82 Å². The fourth-order valence-corrected chi connectivity index (χ4v) is 2.20. The summed E-state index contributed by atoms with van der Waals surface area (Å²) >= 11 is 0. The Kier molecular flexibility index (Phi) is 5.59. The minimum absolute atomic E-state index is 0. The summed E-state index contributed by atoms with van der Waals surface area (Å²) in [6, 6.07) is 4.49. The number of piperazine rings is 1. The van der Waals surface area contributed by atoms with Gasteiger partial charge in [0.1, 0.15) is 0 Å². The van der Waals surface area contributed by atoms with Crippen molar-refractivity contribution in [3.05, 3.63) is 42.2 Å². The SMILES string of the molecule is C=C[C@@H](c1cccc(F)c1O)N1CCNCC1.Cl. The standard InChI is InChI=1S/C13H17FN2O.ClH/c1-2-12(16-8-6-15-7-9-16)10-4-3-5-11(14)13(10)17;/h2-5,12,15,17H,1,6-9H2;1H/t12-;/m0./s1. The Morgan fingerprint density at radius 1 is 1.39 bits per heavy atom. The molecule has 1 aromatic rings. The molecule has 0 aliphatic carbocycles. The third-order valence-electron chi connectivity index (χ3n) is 3.10. The number of benzene rings is 1. The molecule has 1 fully saturated rings. The second-order valence-electron chi connectivity index (χ2n) is 4.14. The van der Waals surface area contributed by atoms with Crippen LogP contribution < -0.4 is 5.32 Å². The Bertz CT molecular complexity index is 408. The van der Waals surface area contributed by atoms with Gasteiger partial charge in [0.2, 0.25) is 0 Å². The molecular weight excluding hydrogens is 255 g/mol. The molecule has 1 aromatic carbocycles. The van der Waals surface area contributed by atoms with Crippen LogP contribution in [0.4, 0.5) is 4.39 Å². The van der Waals surface area contributed by atoms with E-state index in [2.05, 4.69) is 16.8 Å². The van der Waals surface area contributed by atoms with E-state index in [0.29, 0.717) is 5.56 Å². The van der Waals surface area contributed by atoms with Crippen molar-refractivity contribution in [1.29, 1.82) is 0 Å². The molecule has 2 rings (SSSR count). The summed E-state index contributed by atoms with van der Waals surface area (Å²) in [5.41, 5.74) is 0.585. The van der Waals surface area contributed by atoms with Crippen LogP contribution in [-0.2, 0) is 0 Å². The average molecular weight is 273 g/mol. The number of hydrogen-bond acceptors (Lipinski definition) is 3. The van der Waals surface area contributed by atoms with Gasteiger partial charge >= 0.3 is 0 Å². The van der Waals surface area contributed by atoms with Gasteiger partial charge < -0.3 is 10.4 Å². The first-order valence-electron chi connectivity index (χ1n) is 5.78. The minimum Gasteiger partial charge on any atom is -0.505 e. The van der Waals surface area contributed by atoms with Crippen molar-refractivity contribution in [2.45, 2.75) is 6.04 Å². The molecule has 1 saturated heterocycles. The lowest BCUT2D eigenvalue weighted by molar-refractivity contribution is 0.200. The van der Waals surface area contributed by atoms with Gasteiger partial charge in [0.05, 0.1) is 6.04 Å². The third-order valence-corrected chi connectivity index (χ3v) is 3.10. The molecule has 0 aromatic heterocycles. The van der Waals surface area contributed by atoms with Gasteiger partial charge in [0.15, 0.2) is 11.6 Å². The monoisotopic (exact) mass is 272 g/mol. The predicted octanol–water partition coefficient (Wildman–Crippen LogP) is 2.09. The van der Waals surface area contributed by atoms with Crippen LogP contribution in [0.2, 0.25) is 0 Å². The summed E-state index contributed by atoms with van der Waals surface area (Å²) in [6.45, 7) is 7.33. The lowest BCUT2D eigenvalue weighted by Gasteiger charge is -2.33. The maximum Gasteiger partial charge on any atom is 0.165 e. The lowest BCUT2D eigenvalue weighted by atomic mass is 10.0. The highest BCUT2D eigenvalue weighted by Gasteiger charge is 2.22. The molecule has 0 saturated carbocycles. The Morgan fingerprint density at radius 2 is 2.06 bits per heavy atom. The first kappa shape index (κ1) is 15.0. The number of aromatic hydroxyl groups is 1. The molecule has 1 heterocycles. The van der Waals surface area contributed by atoms with E-state index in [0.717, 1.165) is 26.2 Å². The second-order valence-corrected chi connectivity index (χ2v) is 4.14. The summed E-state index contributed by atoms with van der Waals surface area (Å²) in [4.78, 5) is 2.18. The van der Waals surface area contributed by atoms with Crippen molar-refractivity contribution >= 4 is 12.4 Å². The Balaban J connectivity index is 0.00000162. The Morgan fingerprint density at radius 3 is 2.67 bits per heavy atom. The van der Waals surface area contributed by atoms with Crippen molar-refractivity contribution in [2.75, 3.05) is 26.2 Å². The van der Waals surface area contributed by atoms with Gasteiger partial charge in [-0.25, -0.2) is 4.39 Å². The third kappa shape index (κ3) is 3.02. The van der Waals surface area contributed by atoms with Crippen LogP contribution in [0.3, 0.4) is 0 Å². The van der Waals surface area contributed by atoms with Crippen molar-refractivity contribution in [2.24, 2.45) is 0 Å². The number of para-hydroxylation sites is 1. The Hall–Kier alpha value is -1.10. The van der Waals surface area contributed by atoms with E-state index in [1.165, 1.54) is 6.07 Å². The van der Waals surface area contributed by atoms with Crippen molar-refractivity contribution in [3.63, 3.8) is 0 Å². The van der Waals surface area contributed by atoms with Gasteiger partial charge in [-0.1, -0.05) is 18.2 Å². The summed E-state index contributed by atoms with van der Waals surface area (Å²) in [5.74, 6) is -0.847. The van der Waals surface area contributed by atoms with Gasteiger partial charge in [-0.05, 0) is 6.07 Å². The number of rotatable bonds is 3. The van der Waals surface area contributed by atoms with Crippen LogP contribution in [0.25, 0.3) is 0 Å². The van der Waals surface area contributed by atoms with E-state index < -0.39 is 5.82 Å². The first-order chi connectivity index (χ1) is 8.24. The molecule has 0 unspecified atom stereocenters. The normalized spacial score (nSPS) is 17.8. The van der Waals surface area contributed by atoms with Crippen LogP contribution in [-0.4, -0.2) is 36.2 Å². The van der Waals surface area contributed by atoms with E-state index in [-0.39, 0.29) is 24.2 Å². The van der Waals surface area contributed by atoms with Gasteiger partial charge in [0, 0.05) is 31.7 Å². The van der Waals surface area contributed by atoms with Gasteiger partial charge in [-0.2, -0.15) is 0 Å². The van der Waals surface area contributed by atoms with E-state index in [1.54, 1.807) is 18.2 Å². The number of phenolic OH excluding ortho intramolecular Hbond substituents is 1. The summed E-state index contributed by atoms with van der Waals surface area (Å²) < 4.78 is 13.3. The molecule has 100 valence electrons. The number of nitrogens with zero attached hydrogens (tertiary/aromatic N) is 1. The molecule has 18 heavy (non-hydrogen) atoms. The van der Waals surface area contributed by atoms with Gasteiger partial charge in [0.25, 0.3) is 0 Å². The highest BCUT2D eigenvalue weighted by Crippen LogP contribution is 2.31. The maximum absolute atomic E-state index is 13.3. The minimum atomic E-state index is -0.579. The van der Waals surface area contributed by atoms with E-state index >= 15 is 0 Å². The summed E-state index contributed by atoms with van der Waals surface area (Å²) in [5, 5.41) is 13.0. The van der Waals surface area contributed by atoms with E-state index in [9.17, 15) is 9.50 Å². The fraction of sp³-hybridized carbons (Fsp3) is 0.385. The molecule has 5 heteroatoms. The molecule has 1 aliphatic heterocycles. The molecule has 1 aliphatic rings. The van der Waals surface area contributed by atoms with Crippen molar-refractivity contribution < 1.29 is 9.50 Å². The topological polar surface area (TPSA) is 35.5 Å². The zero-order chi connectivity index (χ0) is 12.3. The highest BCUT2D eigenvalue weighted by molar-refractivity contribution is 5.85. The van der Waals surface area contributed by atoms with Gasteiger partial charge in [-0.15, -0.1) is 19.0 Å². The van der Waals surface area contributed by atoms with Crippen molar-refractivity contribution in [1.82, 2.24) is 10.2 Å². The number of phenols is 1. The maximum atomic E-state index is 13.3. The quantitative estimate of drug-likeness (QED) is 0.827. The Labute approximate surface area is 113 Å². The molecule has 0 spiro atoms. The average Bonchev–Trinajstić information content (AvgIpc) is 2.37. The molecule has 0 amide bonds. The first-order valence-corrected chi connectivity index (χ1v) is 5.78. The highest BCUT2D eigenvalue weighted by atomic mass is 35.5.